The number of carbonyl (C=O) groups excluding carboxylic acids is 1. The molecule has 1 aromatic carbocycles. The van der Waals surface area contributed by atoms with E-state index in [0.717, 1.165) is 12.1 Å². The lowest BCUT2D eigenvalue weighted by atomic mass is 9.96. The molecule has 2 N–H and O–H groups in total. The quantitative estimate of drug-likeness (QED) is 0.903. The molecule has 1 atom stereocenters. The van der Waals surface area contributed by atoms with Crippen LogP contribution < -0.4 is 5.73 Å². The summed E-state index contributed by atoms with van der Waals surface area (Å²) in [6.07, 6.45) is -4.28. The highest BCUT2D eigenvalue weighted by atomic mass is 19.4. The summed E-state index contributed by atoms with van der Waals surface area (Å²) in [6, 6.07) is 4.00. The van der Waals surface area contributed by atoms with E-state index < -0.39 is 17.8 Å². The third-order valence-electron chi connectivity index (χ3n) is 2.75. The molecule has 0 heterocycles. The van der Waals surface area contributed by atoms with E-state index in [-0.39, 0.29) is 18.1 Å². The van der Waals surface area contributed by atoms with Crippen LogP contribution in [0.25, 0.3) is 0 Å². The fourth-order valence-corrected chi connectivity index (χ4v) is 1.50. The number of benzene rings is 1. The zero-order chi connectivity index (χ0) is 13.9. The smallest absolute Gasteiger partial charge is 0.321 e. The Balaban J connectivity index is 2.73. The van der Waals surface area contributed by atoms with Crippen molar-refractivity contribution in [2.45, 2.75) is 32.5 Å². The zero-order valence-electron chi connectivity index (χ0n) is 10.3. The maximum atomic E-state index is 12.3. The van der Waals surface area contributed by atoms with Gasteiger partial charge in [0.2, 0.25) is 0 Å². The lowest BCUT2D eigenvalue weighted by molar-refractivity contribution is -0.137. The summed E-state index contributed by atoms with van der Waals surface area (Å²) in [6.45, 7) is 3.66. The Morgan fingerprint density at radius 1 is 1.22 bits per heavy atom. The van der Waals surface area contributed by atoms with Crippen LogP contribution >= 0.6 is 0 Å². The van der Waals surface area contributed by atoms with Gasteiger partial charge in [-0.25, -0.2) is 0 Å². The van der Waals surface area contributed by atoms with E-state index in [2.05, 4.69) is 0 Å². The van der Waals surface area contributed by atoms with Gasteiger partial charge in [0.05, 0.1) is 11.6 Å². The summed E-state index contributed by atoms with van der Waals surface area (Å²) in [5.74, 6) is -0.142. The fourth-order valence-electron chi connectivity index (χ4n) is 1.50. The van der Waals surface area contributed by atoms with Crippen LogP contribution in [0.1, 0.15) is 25.0 Å². The van der Waals surface area contributed by atoms with Gasteiger partial charge in [-0.3, -0.25) is 4.79 Å². The maximum Gasteiger partial charge on any atom is 0.416 e. The average molecular weight is 259 g/mol. The predicted molar refractivity (Wildman–Crippen MR) is 63.0 cm³/mol. The number of halogens is 3. The third-order valence-corrected chi connectivity index (χ3v) is 2.75. The number of Topliss-reactive ketones (excluding diaryl/α,β-unsaturated/α-hetero) is 1. The van der Waals surface area contributed by atoms with Gasteiger partial charge in [0, 0.05) is 6.42 Å². The van der Waals surface area contributed by atoms with Crippen LogP contribution in [-0.4, -0.2) is 11.8 Å². The standard InChI is InChI=1S/C13H16F3NO/c1-8(2)12(17)11(18)7-9-3-5-10(6-4-9)13(14,15)16/h3-6,8,12H,7,17H2,1-2H3. The Morgan fingerprint density at radius 2 is 1.72 bits per heavy atom. The molecule has 0 spiro atoms. The fraction of sp³-hybridized carbons (Fsp3) is 0.462. The van der Waals surface area contributed by atoms with Gasteiger partial charge in [0.25, 0.3) is 0 Å². The first-order valence-electron chi connectivity index (χ1n) is 5.66. The summed E-state index contributed by atoms with van der Waals surface area (Å²) in [4.78, 5) is 11.7. The van der Waals surface area contributed by atoms with Gasteiger partial charge in [0.15, 0.2) is 5.78 Å². The summed E-state index contributed by atoms with van der Waals surface area (Å²) in [5.41, 5.74) is 5.51. The SMILES string of the molecule is CC(C)C(N)C(=O)Cc1ccc(C(F)(F)F)cc1. The summed E-state index contributed by atoms with van der Waals surface area (Å²) < 4.78 is 37.0. The van der Waals surface area contributed by atoms with Crippen molar-refractivity contribution >= 4 is 5.78 Å². The van der Waals surface area contributed by atoms with Crippen molar-refractivity contribution in [1.29, 1.82) is 0 Å². The Morgan fingerprint density at radius 3 is 2.11 bits per heavy atom. The third kappa shape index (κ3) is 3.84. The molecule has 0 bridgehead atoms. The number of rotatable bonds is 4. The number of hydrogen-bond acceptors (Lipinski definition) is 2. The number of ketones is 1. The van der Waals surface area contributed by atoms with Crippen LogP contribution in [0.15, 0.2) is 24.3 Å². The molecule has 2 nitrogen and oxygen atoms in total. The van der Waals surface area contributed by atoms with Crippen LogP contribution in [0.3, 0.4) is 0 Å². The van der Waals surface area contributed by atoms with E-state index >= 15 is 0 Å². The predicted octanol–water partition coefficient (Wildman–Crippen LogP) is 2.80. The lowest BCUT2D eigenvalue weighted by Gasteiger charge is -2.14. The van der Waals surface area contributed by atoms with Gasteiger partial charge in [-0.15, -0.1) is 0 Å². The molecule has 0 radical (unpaired) electrons. The summed E-state index contributed by atoms with van der Waals surface area (Å²) >= 11 is 0. The van der Waals surface area contributed by atoms with Gasteiger partial charge in [-0.2, -0.15) is 13.2 Å². The molecule has 100 valence electrons. The van der Waals surface area contributed by atoms with Gasteiger partial charge in [-0.05, 0) is 23.6 Å². The highest BCUT2D eigenvalue weighted by Crippen LogP contribution is 2.29. The van der Waals surface area contributed by atoms with Crippen molar-refractivity contribution in [3.63, 3.8) is 0 Å². The van der Waals surface area contributed by atoms with E-state index in [0.29, 0.717) is 5.56 Å². The van der Waals surface area contributed by atoms with Gasteiger partial charge >= 0.3 is 6.18 Å². The number of carbonyl (C=O) groups is 1. The molecule has 0 aliphatic rings. The maximum absolute atomic E-state index is 12.3. The molecule has 1 unspecified atom stereocenters. The van der Waals surface area contributed by atoms with E-state index in [1.54, 1.807) is 0 Å². The molecule has 0 aromatic heterocycles. The van der Waals surface area contributed by atoms with Gasteiger partial charge in [0.1, 0.15) is 0 Å². The number of nitrogens with two attached hydrogens (primary N) is 1. The Bertz CT molecular complexity index is 409. The molecule has 0 saturated heterocycles. The number of hydrogen-bond donors (Lipinski definition) is 1. The first kappa shape index (κ1) is 14.7. The first-order valence-corrected chi connectivity index (χ1v) is 5.66. The average Bonchev–Trinajstić information content (AvgIpc) is 2.27. The second-order valence-corrected chi connectivity index (χ2v) is 4.61. The minimum absolute atomic E-state index is 0.0203. The van der Waals surface area contributed by atoms with Crippen LogP contribution in [0, 0.1) is 5.92 Å². The lowest BCUT2D eigenvalue weighted by Crippen LogP contribution is -2.36. The Labute approximate surface area is 104 Å². The van der Waals surface area contributed by atoms with E-state index in [4.69, 9.17) is 5.73 Å². The highest BCUT2D eigenvalue weighted by molar-refractivity contribution is 5.86. The van der Waals surface area contributed by atoms with Crippen LogP contribution in [0.5, 0.6) is 0 Å². The zero-order valence-corrected chi connectivity index (χ0v) is 10.3. The van der Waals surface area contributed by atoms with E-state index in [1.165, 1.54) is 12.1 Å². The minimum atomic E-state index is -4.35. The molecule has 18 heavy (non-hydrogen) atoms. The van der Waals surface area contributed by atoms with E-state index in [1.807, 2.05) is 13.8 Å². The molecule has 5 heteroatoms. The highest BCUT2D eigenvalue weighted by Gasteiger charge is 2.30. The van der Waals surface area contributed by atoms with Crippen molar-refractivity contribution in [3.8, 4) is 0 Å². The number of alkyl halides is 3. The monoisotopic (exact) mass is 259 g/mol. The van der Waals surface area contributed by atoms with Crippen LogP contribution in [0.4, 0.5) is 13.2 Å². The molecule has 0 fully saturated rings. The first-order chi connectivity index (χ1) is 8.21. The Hall–Kier alpha value is -1.36. The van der Waals surface area contributed by atoms with Crippen molar-refractivity contribution in [3.05, 3.63) is 35.4 Å². The molecule has 0 saturated carbocycles. The van der Waals surface area contributed by atoms with Crippen LogP contribution in [-0.2, 0) is 17.4 Å². The molecule has 0 aliphatic carbocycles. The van der Waals surface area contributed by atoms with Gasteiger partial charge < -0.3 is 5.73 Å². The van der Waals surface area contributed by atoms with Crippen molar-refractivity contribution < 1.29 is 18.0 Å². The van der Waals surface area contributed by atoms with Crippen molar-refractivity contribution in [1.82, 2.24) is 0 Å². The minimum Gasteiger partial charge on any atom is -0.321 e. The van der Waals surface area contributed by atoms with Crippen molar-refractivity contribution in [2.75, 3.05) is 0 Å². The normalized spacial score (nSPS) is 13.7. The summed E-state index contributed by atoms with van der Waals surface area (Å²) in [5, 5.41) is 0. The second kappa shape index (κ2) is 5.52. The molecular weight excluding hydrogens is 243 g/mol. The Kier molecular flexibility index (Phi) is 4.51. The molecule has 1 rings (SSSR count). The van der Waals surface area contributed by atoms with E-state index in [9.17, 15) is 18.0 Å². The second-order valence-electron chi connectivity index (χ2n) is 4.61. The molecule has 0 aliphatic heterocycles. The molecule has 0 amide bonds. The van der Waals surface area contributed by atoms with Crippen molar-refractivity contribution in [2.24, 2.45) is 11.7 Å². The topological polar surface area (TPSA) is 43.1 Å². The van der Waals surface area contributed by atoms with Crippen LogP contribution in [0.2, 0.25) is 0 Å². The van der Waals surface area contributed by atoms with Gasteiger partial charge in [-0.1, -0.05) is 26.0 Å². The molecular formula is C13H16F3NO. The molecule has 1 aromatic rings. The summed E-state index contributed by atoms with van der Waals surface area (Å²) in [7, 11) is 0. The largest absolute Gasteiger partial charge is 0.416 e.